The molecule has 0 saturated heterocycles. The molecule has 1 heterocycles. The third kappa shape index (κ3) is 3.12. The number of hydrogen-bond donors (Lipinski definition) is 2. The van der Waals surface area contributed by atoms with Gasteiger partial charge >= 0.3 is 5.97 Å². The molecule has 1 aromatic carbocycles. The predicted molar refractivity (Wildman–Crippen MR) is 80.1 cm³/mol. The Balaban J connectivity index is 2.44. The van der Waals surface area contributed by atoms with Gasteiger partial charge in [0.2, 0.25) is 0 Å². The van der Waals surface area contributed by atoms with Gasteiger partial charge in [0, 0.05) is 5.69 Å². The molecular weight excluding hydrogens is 290 g/mol. The smallest absolute Gasteiger partial charge is 0.335 e. The number of anilines is 2. The highest BCUT2D eigenvalue weighted by Gasteiger charge is 2.11. The Morgan fingerprint density at radius 1 is 1.33 bits per heavy atom. The van der Waals surface area contributed by atoms with E-state index in [4.69, 9.17) is 16.7 Å². The first kappa shape index (κ1) is 14.8. The molecule has 1 aromatic heterocycles. The Morgan fingerprint density at radius 3 is 2.62 bits per heavy atom. The van der Waals surface area contributed by atoms with Crippen molar-refractivity contribution in [3.05, 3.63) is 51.8 Å². The lowest BCUT2D eigenvalue weighted by Crippen LogP contribution is -2.01. The van der Waals surface area contributed by atoms with Gasteiger partial charge in [0.05, 0.1) is 33.2 Å². The van der Waals surface area contributed by atoms with Crippen LogP contribution in [-0.2, 0) is 0 Å². The van der Waals surface area contributed by atoms with Crippen LogP contribution in [0.3, 0.4) is 0 Å². The van der Waals surface area contributed by atoms with E-state index in [9.17, 15) is 10.1 Å². The number of rotatable bonds is 3. The van der Waals surface area contributed by atoms with Crippen LogP contribution in [0.1, 0.15) is 27.3 Å². The molecule has 21 heavy (non-hydrogen) atoms. The summed E-state index contributed by atoms with van der Waals surface area (Å²) in [5.41, 5.74) is 3.05. The Labute approximate surface area is 126 Å². The minimum atomic E-state index is -1.04. The van der Waals surface area contributed by atoms with E-state index in [1.807, 2.05) is 6.92 Å². The Hall–Kier alpha value is -2.58. The molecule has 0 bridgehead atoms. The molecule has 0 aliphatic heterocycles. The maximum Gasteiger partial charge on any atom is 0.335 e. The molecule has 0 fully saturated rings. The van der Waals surface area contributed by atoms with Crippen LogP contribution >= 0.6 is 11.6 Å². The lowest BCUT2D eigenvalue weighted by atomic mass is 10.1. The van der Waals surface area contributed by atoms with E-state index >= 15 is 0 Å². The fraction of sp³-hybridized carbons (Fsp3) is 0.133. The van der Waals surface area contributed by atoms with Crippen molar-refractivity contribution in [3.8, 4) is 6.07 Å². The van der Waals surface area contributed by atoms with Gasteiger partial charge in [-0.1, -0.05) is 11.6 Å². The number of carboxylic acids is 1. The number of carboxylic acid groups (broad SMARTS) is 1. The zero-order valence-electron chi connectivity index (χ0n) is 11.4. The van der Waals surface area contributed by atoms with E-state index in [0.29, 0.717) is 22.6 Å². The molecule has 2 N–H and O–H groups in total. The number of aryl methyl sites for hydroxylation is 2. The summed E-state index contributed by atoms with van der Waals surface area (Å²) in [5.74, 6) is -1.04. The van der Waals surface area contributed by atoms with Crippen LogP contribution in [0.15, 0.2) is 24.3 Å². The molecule has 0 atom stereocenters. The number of carbonyl (C=O) groups is 1. The predicted octanol–water partition coefficient (Wildman–Crippen LogP) is 3.67. The fourth-order valence-corrected chi connectivity index (χ4v) is 2.19. The molecule has 0 unspecified atom stereocenters. The second-order valence-corrected chi connectivity index (χ2v) is 4.92. The van der Waals surface area contributed by atoms with E-state index in [1.54, 1.807) is 19.1 Å². The van der Waals surface area contributed by atoms with Crippen molar-refractivity contribution in [3.63, 3.8) is 0 Å². The summed E-state index contributed by atoms with van der Waals surface area (Å²) >= 11 is 6.07. The van der Waals surface area contributed by atoms with E-state index in [0.717, 1.165) is 5.69 Å². The number of aromatic nitrogens is 1. The number of nitriles is 1. The van der Waals surface area contributed by atoms with E-state index in [1.165, 1.54) is 12.1 Å². The highest BCUT2D eigenvalue weighted by Crippen LogP contribution is 2.29. The number of aromatic carboxylic acids is 1. The number of nitrogens with one attached hydrogen (secondary N) is 1. The van der Waals surface area contributed by atoms with Gasteiger partial charge in [0.25, 0.3) is 0 Å². The van der Waals surface area contributed by atoms with Crippen LogP contribution in [0.25, 0.3) is 0 Å². The molecule has 0 amide bonds. The number of pyridine rings is 1. The lowest BCUT2D eigenvalue weighted by Gasteiger charge is -2.12. The third-order valence-electron chi connectivity index (χ3n) is 2.93. The first-order chi connectivity index (χ1) is 9.92. The van der Waals surface area contributed by atoms with Crippen molar-refractivity contribution in [2.24, 2.45) is 0 Å². The molecule has 0 saturated carbocycles. The average molecular weight is 302 g/mol. The molecular formula is C15H12ClN3O2. The standard InChI is InChI=1S/C15H12ClN3O2/c1-8-5-14(11(7-17)9(2)18-8)19-13-4-3-10(15(20)21)6-12(13)16/h3-6H,1-2H3,(H,18,19)(H,20,21). The van der Waals surface area contributed by atoms with Gasteiger partial charge in [-0.25, -0.2) is 4.79 Å². The van der Waals surface area contributed by atoms with E-state index in [2.05, 4.69) is 16.4 Å². The van der Waals surface area contributed by atoms with Gasteiger partial charge < -0.3 is 10.4 Å². The topological polar surface area (TPSA) is 86.0 Å². The minimum Gasteiger partial charge on any atom is -0.478 e. The lowest BCUT2D eigenvalue weighted by molar-refractivity contribution is 0.0697. The summed E-state index contributed by atoms with van der Waals surface area (Å²) in [7, 11) is 0. The Bertz CT molecular complexity index is 766. The summed E-state index contributed by atoms with van der Waals surface area (Å²) in [6.45, 7) is 3.58. The first-order valence-corrected chi connectivity index (χ1v) is 6.48. The zero-order valence-corrected chi connectivity index (χ0v) is 12.2. The first-order valence-electron chi connectivity index (χ1n) is 6.10. The van der Waals surface area contributed by atoms with Gasteiger partial charge in [-0.15, -0.1) is 0 Å². The minimum absolute atomic E-state index is 0.105. The maximum absolute atomic E-state index is 10.9. The number of halogens is 1. The van der Waals surface area contributed by atoms with E-state index < -0.39 is 5.97 Å². The number of hydrogen-bond acceptors (Lipinski definition) is 4. The molecule has 106 valence electrons. The SMILES string of the molecule is Cc1cc(Nc2ccc(C(=O)O)cc2Cl)c(C#N)c(C)n1. The average Bonchev–Trinajstić information content (AvgIpc) is 2.40. The number of nitrogens with zero attached hydrogens (tertiary/aromatic N) is 2. The molecule has 6 heteroatoms. The van der Waals surface area contributed by atoms with Crippen LogP contribution in [0, 0.1) is 25.2 Å². The second kappa shape index (κ2) is 5.81. The van der Waals surface area contributed by atoms with Crippen LogP contribution in [0.4, 0.5) is 11.4 Å². The summed E-state index contributed by atoms with van der Waals surface area (Å²) in [5, 5.41) is 21.4. The summed E-state index contributed by atoms with van der Waals surface area (Å²) < 4.78 is 0. The quantitative estimate of drug-likeness (QED) is 0.903. The fourth-order valence-electron chi connectivity index (χ4n) is 1.96. The molecule has 2 rings (SSSR count). The van der Waals surface area contributed by atoms with Gasteiger partial charge in [0.1, 0.15) is 6.07 Å². The van der Waals surface area contributed by atoms with Crippen LogP contribution < -0.4 is 5.32 Å². The Kier molecular flexibility index (Phi) is 4.10. The molecule has 2 aromatic rings. The molecule has 0 aliphatic carbocycles. The highest BCUT2D eigenvalue weighted by molar-refractivity contribution is 6.33. The van der Waals surface area contributed by atoms with Crippen molar-refractivity contribution in [1.29, 1.82) is 5.26 Å². The highest BCUT2D eigenvalue weighted by atomic mass is 35.5. The molecule has 0 aliphatic rings. The third-order valence-corrected chi connectivity index (χ3v) is 3.24. The van der Waals surface area contributed by atoms with Crippen LogP contribution in [0.2, 0.25) is 5.02 Å². The van der Waals surface area contributed by atoms with Gasteiger partial charge in [-0.3, -0.25) is 4.98 Å². The van der Waals surface area contributed by atoms with Crippen molar-refractivity contribution < 1.29 is 9.90 Å². The molecule has 0 radical (unpaired) electrons. The number of benzene rings is 1. The normalized spacial score (nSPS) is 10.0. The van der Waals surface area contributed by atoms with Crippen molar-refractivity contribution in [1.82, 2.24) is 4.98 Å². The maximum atomic E-state index is 10.9. The van der Waals surface area contributed by atoms with Crippen LogP contribution in [-0.4, -0.2) is 16.1 Å². The van der Waals surface area contributed by atoms with Gasteiger partial charge in [0.15, 0.2) is 0 Å². The van der Waals surface area contributed by atoms with Gasteiger partial charge in [-0.05, 0) is 38.1 Å². The zero-order chi connectivity index (χ0) is 15.6. The van der Waals surface area contributed by atoms with E-state index in [-0.39, 0.29) is 10.6 Å². The molecule has 0 spiro atoms. The summed E-state index contributed by atoms with van der Waals surface area (Å²) in [6, 6.07) is 8.22. The summed E-state index contributed by atoms with van der Waals surface area (Å²) in [6.07, 6.45) is 0. The second-order valence-electron chi connectivity index (χ2n) is 4.51. The van der Waals surface area contributed by atoms with Crippen molar-refractivity contribution in [2.75, 3.05) is 5.32 Å². The largest absolute Gasteiger partial charge is 0.478 e. The van der Waals surface area contributed by atoms with Gasteiger partial charge in [-0.2, -0.15) is 5.26 Å². The van der Waals surface area contributed by atoms with Crippen LogP contribution in [0.5, 0.6) is 0 Å². The van der Waals surface area contributed by atoms with Crippen molar-refractivity contribution in [2.45, 2.75) is 13.8 Å². The molecule has 5 nitrogen and oxygen atoms in total. The Morgan fingerprint density at radius 2 is 2.05 bits per heavy atom. The monoisotopic (exact) mass is 301 g/mol. The van der Waals surface area contributed by atoms with Crippen molar-refractivity contribution >= 4 is 28.9 Å². The summed E-state index contributed by atoms with van der Waals surface area (Å²) in [4.78, 5) is 15.1.